The lowest BCUT2D eigenvalue weighted by molar-refractivity contribution is -0.123. The molecule has 0 atom stereocenters. The van der Waals surface area contributed by atoms with E-state index in [-0.39, 0.29) is 17.4 Å². The van der Waals surface area contributed by atoms with Gasteiger partial charge in [0.05, 0.1) is 4.90 Å². The maximum absolute atomic E-state index is 12.4. The zero-order valence-corrected chi connectivity index (χ0v) is 15.7. The summed E-state index contributed by atoms with van der Waals surface area (Å²) in [6, 6.07) is 9.70. The lowest BCUT2D eigenvalue weighted by atomic mass is 10.3. The number of aromatic nitrogens is 1. The summed E-state index contributed by atoms with van der Waals surface area (Å²) in [5, 5.41) is 2.74. The van der Waals surface area contributed by atoms with Crippen molar-refractivity contribution in [3.05, 3.63) is 54.4 Å². The quantitative estimate of drug-likeness (QED) is 0.720. The van der Waals surface area contributed by atoms with Crippen LogP contribution < -0.4 is 10.1 Å². The fourth-order valence-electron chi connectivity index (χ4n) is 2.32. The summed E-state index contributed by atoms with van der Waals surface area (Å²) in [4.78, 5) is 15.9. The van der Waals surface area contributed by atoms with Crippen LogP contribution in [0.25, 0.3) is 0 Å². The van der Waals surface area contributed by atoms with Gasteiger partial charge in [0.25, 0.3) is 5.91 Å². The molecule has 0 saturated heterocycles. The van der Waals surface area contributed by atoms with E-state index in [0.29, 0.717) is 25.4 Å². The van der Waals surface area contributed by atoms with Crippen molar-refractivity contribution in [3.8, 4) is 5.75 Å². The molecule has 140 valence electrons. The first kappa shape index (κ1) is 19.9. The van der Waals surface area contributed by atoms with Crippen molar-refractivity contribution in [1.82, 2.24) is 14.6 Å². The summed E-state index contributed by atoms with van der Waals surface area (Å²) < 4.78 is 31.6. The van der Waals surface area contributed by atoms with Gasteiger partial charge in [-0.1, -0.05) is 13.8 Å². The largest absolute Gasteiger partial charge is 0.484 e. The maximum Gasteiger partial charge on any atom is 0.258 e. The van der Waals surface area contributed by atoms with Gasteiger partial charge < -0.3 is 10.1 Å². The molecular formula is C18H23N3O4S. The summed E-state index contributed by atoms with van der Waals surface area (Å²) in [7, 11) is -3.50. The number of pyridine rings is 1. The molecule has 2 rings (SSSR count). The van der Waals surface area contributed by atoms with Gasteiger partial charge in [0.15, 0.2) is 6.61 Å². The minimum atomic E-state index is -3.50. The van der Waals surface area contributed by atoms with Crippen LogP contribution in [0.15, 0.2) is 53.7 Å². The molecule has 0 unspecified atom stereocenters. The summed E-state index contributed by atoms with van der Waals surface area (Å²) in [6.45, 7) is 4.66. The molecule has 0 spiro atoms. The molecule has 1 aromatic heterocycles. The van der Waals surface area contributed by atoms with Gasteiger partial charge in [-0.25, -0.2) is 8.42 Å². The molecular weight excluding hydrogens is 354 g/mol. The van der Waals surface area contributed by atoms with Gasteiger partial charge >= 0.3 is 0 Å². The van der Waals surface area contributed by atoms with Crippen molar-refractivity contribution in [2.45, 2.75) is 25.3 Å². The average molecular weight is 377 g/mol. The summed E-state index contributed by atoms with van der Waals surface area (Å²) in [6.07, 6.45) is 3.32. The lowest BCUT2D eigenvalue weighted by Crippen LogP contribution is -2.30. The Morgan fingerprint density at radius 1 is 1.08 bits per heavy atom. The molecule has 7 nitrogen and oxygen atoms in total. The Balaban J connectivity index is 1.88. The zero-order chi connectivity index (χ0) is 19.0. The van der Waals surface area contributed by atoms with Crippen LogP contribution >= 0.6 is 0 Å². The predicted molar refractivity (Wildman–Crippen MR) is 98.1 cm³/mol. The third-order valence-electron chi connectivity index (χ3n) is 3.78. The van der Waals surface area contributed by atoms with E-state index in [9.17, 15) is 13.2 Å². The van der Waals surface area contributed by atoms with E-state index in [2.05, 4.69) is 10.3 Å². The van der Waals surface area contributed by atoms with Crippen LogP contribution in [-0.2, 0) is 21.4 Å². The number of nitrogens with zero attached hydrogens (tertiary/aromatic N) is 2. The Hall–Kier alpha value is -2.45. The highest BCUT2D eigenvalue weighted by molar-refractivity contribution is 7.89. The van der Waals surface area contributed by atoms with Crippen LogP contribution in [-0.4, -0.2) is 43.3 Å². The van der Waals surface area contributed by atoms with Gasteiger partial charge in [0.1, 0.15) is 5.75 Å². The normalized spacial score (nSPS) is 11.3. The first-order chi connectivity index (χ1) is 12.5. The van der Waals surface area contributed by atoms with Crippen molar-refractivity contribution in [3.63, 3.8) is 0 Å². The van der Waals surface area contributed by atoms with Crippen LogP contribution in [0.5, 0.6) is 5.75 Å². The highest BCUT2D eigenvalue weighted by Gasteiger charge is 2.21. The summed E-state index contributed by atoms with van der Waals surface area (Å²) in [5.74, 6) is 0.171. The molecule has 1 heterocycles. The van der Waals surface area contributed by atoms with Crippen molar-refractivity contribution in [1.29, 1.82) is 0 Å². The molecule has 2 aromatic rings. The molecule has 0 bridgehead atoms. The molecule has 0 fully saturated rings. The van der Waals surface area contributed by atoms with Crippen molar-refractivity contribution < 1.29 is 17.9 Å². The van der Waals surface area contributed by atoms with Crippen LogP contribution in [0.2, 0.25) is 0 Å². The van der Waals surface area contributed by atoms with E-state index >= 15 is 0 Å². The molecule has 0 saturated carbocycles. The number of rotatable bonds is 9. The number of benzene rings is 1. The molecule has 1 N–H and O–H groups in total. The molecule has 8 heteroatoms. The standard InChI is InChI=1S/C18H23N3O4S/c1-3-21(4-2)26(23,24)17-7-5-16(6-8-17)25-14-18(22)20-13-15-9-11-19-12-10-15/h5-12H,3-4,13-14H2,1-2H3,(H,20,22). The SMILES string of the molecule is CCN(CC)S(=O)(=O)c1ccc(OCC(=O)NCc2ccncc2)cc1. The van der Waals surface area contributed by atoms with Crippen molar-refractivity contribution in [2.75, 3.05) is 19.7 Å². The Labute approximate surface area is 154 Å². The number of hydrogen-bond acceptors (Lipinski definition) is 5. The fourth-order valence-corrected chi connectivity index (χ4v) is 3.78. The van der Waals surface area contributed by atoms with Gasteiger partial charge in [0, 0.05) is 32.0 Å². The second kappa shape index (κ2) is 9.30. The number of sulfonamides is 1. The molecule has 0 aliphatic heterocycles. The first-order valence-electron chi connectivity index (χ1n) is 8.36. The van der Waals surface area contributed by atoms with Gasteiger partial charge in [0.2, 0.25) is 10.0 Å². The second-order valence-electron chi connectivity index (χ2n) is 5.48. The van der Waals surface area contributed by atoms with Crippen molar-refractivity contribution >= 4 is 15.9 Å². The molecule has 0 radical (unpaired) electrons. The number of nitrogens with one attached hydrogen (secondary N) is 1. The van der Waals surface area contributed by atoms with Gasteiger partial charge in [-0.2, -0.15) is 4.31 Å². The third kappa shape index (κ3) is 5.27. The van der Waals surface area contributed by atoms with E-state index < -0.39 is 10.0 Å². The number of hydrogen-bond donors (Lipinski definition) is 1. The van der Waals surface area contributed by atoms with E-state index in [1.54, 1.807) is 38.4 Å². The van der Waals surface area contributed by atoms with Crippen LogP contribution in [0.1, 0.15) is 19.4 Å². The number of carbonyl (C=O) groups excluding carboxylic acids is 1. The Morgan fingerprint density at radius 2 is 1.69 bits per heavy atom. The summed E-state index contributed by atoms with van der Waals surface area (Å²) >= 11 is 0. The molecule has 1 amide bonds. The fraction of sp³-hybridized carbons (Fsp3) is 0.333. The lowest BCUT2D eigenvalue weighted by Gasteiger charge is -2.18. The molecule has 0 aliphatic rings. The van der Waals surface area contributed by atoms with Crippen LogP contribution in [0, 0.1) is 0 Å². The van der Waals surface area contributed by atoms with E-state index in [1.807, 2.05) is 12.1 Å². The minimum absolute atomic E-state index is 0.146. The highest BCUT2D eigenvalue weighted by atomic mass is 32.2. The number of amides is 1. The Morgan fingerprint density at radius 3 is 2.27 bits per heavy atom. The topological polar surface area (TPSA) is 88.6 Å². The first-order valence-corrected chi connectivity index (χ1v) is 9.80. The minimum Gasteiger partial charge on any atom is -0.484 e. The molecule has 0 aliphatic carbocycles. The van der Waals surface area contributed by atoms with E-state index in [0.717, 1.165) is 5.56 Å². The van der Waals surface area contributed by atoms with Gasteiger partial charge in [-0.3, -0.25) is 9.78 Å². The van der Waals surface area contributed by atoms with E-state index in [1.165, 1.54) is 16.4 Å². The Bertz CT molecular complexity index is 804. The smallest absolute Gasteiger partial charge is 0.258 e. The monoisotopic (exact) mass is 377 g/mol. The Kier molecular flexibility index (Phi) is 7.11. The molecule has 26 heavy (non-hydrogen) atoms. The van der Waals surface area contributed by atoms with Crippen LogP contribution in [0.4, 0.5) is 0 Å². The molecule has 1 aromatic carbocycles. The average Bonchev–Trinajstić information content (AvgIpc) is 2.66. The van der Waals surface area contributed by atoms with Gasteiger partial charge in [-0.15, -0.1) is 0 Å². The summed E-state index contributed by atoms with van der Waals surface area (Å²) in [5.41, 5.74) is 0.944. The maximum atomic E-state index is 12.4. The van der Waals surface area contributed by atoms with Crippen LogP contribution in [0.3, 0.4) is 0 Å². The van der Waals surface area contributed by atoms with Crippen molar-refractivity contribution in [2.24, 2.45) is 0 Å². The highest BCUT2D eigenvalue weighted by Crippen LogP contribution is 2.19. The third-order valence-corrected chi connectivity index (χ3v) is 5.84. The zero-order valence-electron chi connectivity index (χ0n) is 14.9. The number of carbonyl (C=O) groups is 1. The second-order valence-corrected chi connectivity index (χ2v) is 7.42. The van der Waals surface area contributed by atoms with Gasteiger partial charge in [-0.05, 0) is 42.0 Å². The predicted octanol–water partition coefficient (Wildman–Crippen LogP) is 1.81. The van der Waals surface area contributed by atoms with E-state index in [4.69, 9.17) is 4.74 Å². The number of ether oxygens (including phenoxy) is 1.